The van der Waals surface area contributed by atoms with Gasteiger partial charge in [0, 0.05) is 19.6 Å². The lowest BCUT2D eigenvalue weighted by molar-refractivity contribution is 0.213. The summed E-state index contributed by atoms with van der Waals surface area (Å²) in [6.07, 6.45) is 4.97. The third kappa shape index (κ3) is 3.15. The zero-order valence-electron chi connectivity index (χ0n) is 12.5. The van der Waals surface area contributed by atoms with Crippen molar-refractivity contribution in [2.24, 2.45) is 5.92 Å². The quantitative estimate of drug-likeness (QED) is 0.913. The maximum Gasteiger partial charge on any atom is 0.122 e. The number of piperidine rings is 1. The van der Waals surface area contributed by atoms with Crippen LogP contribution in [0.2, 0.25) is 0 Å². The first kappa shape index (κ1) is 13.9. The second kappa shape index (κ2) is 6.59. The number of nitrogens with one attached hydrogen (secondary N) is 1. The fourth-order valence-electron chi connectivity index (χ4n) is 3.59. The zero-order valence-corrected chi connectivity index (χ0v) is 12.5. The van der Waals surface area contributed by atoms with Crippen molar-refractivity contribution in [3.05, 3.63) is 29.3 Å². The van der Waals surface area contributed by atoms with Gasteiger partial charge in [-0.25, -0.2) is 0 Å². The number of methoxy groups -OCH3 is 1. The van der Waals surface area contributed by atoms with E-state index in [-0.39, 0.29) is 0 Å². The lowest BCUT2D eigenvalue weighted by atomic mass is 9.97. The summed E-state index contributed by atoms with van der Waals surface area (Å²) in [7, 11) is 1.79. The first-order valence-electron chi connectivity index (χ1n) is 7.94. The molecular formula is C17H26N2O. The second-order valence-corrected chi connectivity index (χ2v) is 6.09. The van der Waals surface area contributed by atoms with E-state index in [4.69, 9.17) is 4.74 Å². The standard InChI is InChI=1S/C17H26N2O/c1-20-17-4-2-3-15-7-11-19(12-8-16(15)17)13-14-5-9-18-10-6-14/h2-4,14,18H,5-13H2,1H3. The largest absolute Gasteiger partial charge is 0.496 e. The van der Waals surface area contributed by atoms with Crippen molar-refractivity contribution in [3.8, 4) is 5.75 Å². The van der Waals surface area contributed by atoms with Gasteiger partial charge in [0.05, 0.1) is 7.11 Å². The number of benzene rings is 1. The van der Waals surface area contributed by atoms with E-state index < -0.39 is 0 Å². The lowest BCUT2D eigenvalue weighted by Gasteiger charge is -2.29. The van der Waals surface area contributed by atoms with Crippen molar-refractivity contribution in [1.82, 2.24) is 10.2 Å². The van der Waals surface area contributed by atoms with Gasteiger partial charge in [0.2, 0.25) is 0 Å². The van der Waals surface area contributed by atoms with E-state index in [1.807, 2.05) is 0 Å². The van der Waals surface area contributed by atoms with Crippen LogP contribution in [0.3, 0.4) is 0 Å². The van der Waals surface area contributed by atoms with Crippen molar-refractivity contribution in [3.63, 3.8) is 0 Å². The van der Waals surface area contributed by atoms with Crippen LogP contribution in [0.25, 0.3) is 0 Å². The predicted molar refractivity (Wildman–Crippen MR) is 82.4 cm³/mol. The van der Waals surface area contributed by atoms with E-state index in [0.717, 1.165) is 24.5 Å². The maximum absolute atomic E-state index is 5.53. The molecule has 1 aromatic rings. The van der Waals surface area contributed by atoms with Crippen LogP contribution in [-0.2, 0) is 12.8 Å². The van der Waals surface area contributed by atoms with Gasteiger partial charge in [0.25, 0.3) is 0 Å². The van der Waals surface area contributed by atoms with Crippen molar-refractivity contribution >= 4 is 0 Å². The Kier molecular flexibility index (Phi) is 4.58. The minimum absolute atomic E-state index is 0.888. The van der Waals surface area contributed by atoms with E-state index >= 15 is 0 Å². The normalized spacial score (nSPS) is 21.2. The van der Waals surface area contributed by atoms with Crippen LogP contribution in [-0.4, -0.2) is 44.7 Å². The molecule has 0 aliphatic carbocycles. The third-order valence-electron chi connectivity index (χ3n) is 4.80. The SMILES string of the molecule is COc1cccc2c1CCN(CC1CCNCC1)CC2. The van der Waals surface area contributed by atoms with E-state index in [1.54, 1.807) is 7.11 Å². The van der Waals surface area contributed by atoms with E-state index in [1.165, 1.54) is 56.7 Å². The van der Waals surface area contributed by atoms with Crippen LogP contribution in [0.5, 0.6) is 5.75 Å². The molecule has 110 valence electrons. The second-order valence-electron chi connectivity index (χ2n) is 6.09. The Morgan fingerprint density at radius 3 is 2.80 bits per heavy atom. The molecule has 0 radical (unpaired) electrons. The Labute approximate surface area is 122 Å². The summed E-state index contributed by atoms with van der Waals surface area (Å²) >= 11 is 0. The van der Waals surface area contributed by atoms with Crippen LogP contribution in [0.15, 0.2) is 18.2 Å². The van der Waals surface area contributed by atoms with Crippen molar-refractivity contribution in [2.45, 2.75) is 25.7 Å². The highest BCUT2D eigenvalue weighted by molar-refractivity contribution is 5.41. The van der Waals surface area contributed by atoms with Gasteiger partial charge in [-0.2, -0.15) is 0 Å². The molecule has 2 aliphatic rings. The van der Waals surface area contributed by atoms with E-state index in [9.17, 15) is 0 Å². The summed E-state index contributed by atoms with van der Waals surface area (Å²) in [5, 5.41) is 3.46. The van der Waals surface area contributed by atoms with Crippen LogP contribution < -0.4 is 10.1 Å². The van der Waals surface area contributed by atoms with Crippen molar-refractivity contribution < 1.29 is 4.74 Å². The average Bonchev–Trinajstić information content (AvgIpc) is 2.71. The zero-order chi connectivity index (χ0) is 13.8. The monoisotopic (exact) mass is 274 g/mol. The molecule has 1 saturated heterocycles. The van der Waals surface area contributed by atoms with Gasteiger partial charge >= 0.3 is 0 Å². The number of rotatable bonds is 3. The molecule has 20 heavy (non-hydrogen) atoms. The van der Waals surface area contributed by atoms with Crippen molar-refractivity contribution in [1.29, 1.82) is 0 Å². The molecule has 0 saturated carbocycles. The highest BCUT2D eigenvalue weighted by atomic mass is 16.5. The first-order valence-corrected chi connectivity index (χ1v) is 7.94. The van der Waals surface area contributed by atoms with E-state index in [0.29, 0.717) is 0 Å². The summed E-state index contributed by atoms with van der Waals surface area (Å²) in [4.78, 5) is 2.66. The molecule has 3 rings (SSSR count). The molecule has 0 aromatic heterocycles. The molecule has 2 aliphatic heterocycles. The highest BCUT2D eigenvalue weighted by Crippen LogP contribution is 2.26. The lowest BCUT2D eigenvalue weighted by Crippen LogP contribution is -2.37. The Balaban J connectivity index is 1.63. The van der Waals surface area contributed by atoms with Gasteiger partial charge in [-0.1, -0.05) is 12.1 Å². The summed E-state index contributed by atoms with van der Waals surface area (Å²) in [5.74, 6) is 1.96. The molecule has 0 unspecified atom stereocenters. The van der Waals surface area contributed by atoms with Crippen LogP contribution >= 0.6 is 0 Å². The number of fused-ring (bicyclic) bond motifs is 1. The Bertz CT molecular complexity index is 441. The summed E-state index contributed by atoms with van der Waals surface area (Å²) < 4.78 is 5.53. The smallest absolute Gasteiger partial charge is 0.122 e. The fourth-order valence-corrected chi connectivity index (χ4v) is 3.59. The molecule has 0 atom stereocenters. The molecule has 2 heterocycles. The third-order valence-corrected chi connectivity index (χ3v) is 4.80. The molecular weight excluding hydrogens is 248 g/mol. The summed E-state index contributed by atoms with van der Waals surface area (Å²) in [6.45, 7) is 6.05. The van der Waals surface area contributed by atoms with Crippen LogP contribution in [0.4, 0.5) is 0 Å². The fraction of sp³-hybridized carbons (Fsp3) is 0.647. The van der Waals surface area contributed by atoms with Crippen molar-refractivity contribution in [2.75, 3.05) is 39.8 Å². The maximum atomic E-state index is 5.53. The Morgan fingerprint density at radius 1 is 1.20 bits per heavy atom. The molecule has 1 aromatic carbocycles. The first-order chi connectivity index (χ1) is 9.86. The molecule has 1 N–H and O–H groups in total. The molecule has 0 spiro atoms. The van der Waals surface area contributed by atoms with Gasteiger partial charge < -0.3 is 15.0 Å². The number of hydrogen-bond acceptors (Lipinski definition) is 3. The summed E-state index contributed by atoms with van der Waals surface area (Å²) in [5.41, 5.74) is 2.92. The highest BCUT2D eigenvalue weighted by Gasteiger charge is 2.20. The molecule has 0 amide bonds. The average molecular weight is 274 g/mol. The minimum Gasteiger partial charge on any atom is -0.496 e. The van der Waals surface area contributed by atoms with Gasteiger partial charge in [0.1, 0.15) is 5.75 Å². The van der Waals surface area contributed by atoms with Crippen LogP contribution in [0.1, 0.15) is 24.0 Å². The van der Waals surface area contributed by atoms with Gasteiger partial charge in [-0.15, -0.1) is 0 Å². The molecule has 1 fully saturated rings. The topological polar surface area (TPSA) is 24.5 Å². The number of hydrogen-bond donors (Lipinski definition) is 1. The Hall–Kier alpha value is -1.06. The Morgan fingerprint density at radius 2 is 2.00 bits per heavy atom. The molecule has 0 bridgehead atoms. The molecule has 3 heteroatoms. The van der Waals surface area contributed by atoms with Gasteiger partial charge in [0.15, 0.2) is 0 Å². The van der Waals surface area contributed by atoms with Gasteiger partial charge in [-0.05, 0) is 61.9 Å². The van der Waals surface area contributed by atoms with E-state index in [2.05, 4.69) is 28.4 Å². The summed E-state index contributed by atoms with van der Waals surface area (Å²) in [6, 6.07) is 6.49. The molecule has 3 nitrogen and oxygen atoms in total. The number of nitrogens with zero attached hydrogens (tertiary/aromatic N) is 1. The minimum atomic E-state index is 0.888. The van der Waals surface area contributed by atoms with Gasteiger partial charge in [-0.3, -0.25) is 0 Å². The predicted octanol–water partition coefficient (Wildman–Crippen LogP) is 2.10. The number of ether oxygens (including phenoxy) is 1. The van der Waals surface area contributed by atoms with Crippen LogP contribution in [0, 0.1) is 5.92 Å².